The van der Waals surface area contributed by atoms with Crippen molar-refractivity contribution in [2.75, 3.05) is 0 Å². The van der Waals surface area contributed by atoms with Gasteiger partial charge >= 0.3 is 6.18 Å². The summed E-state index contributed by atoms with van der Waals surface area (Å²) < 4.78 is 41.0. The van der Waals surface area contributed by atoms with E-state index in [2.05, 4.69) is 10.1 Å². The number of hydrogen-bond donors (Lipinski definition) is 1. The van der Waals surface area contributed by atoms with Gasteiger partial charge in [-0.1, -0.05) is 18.0 Å². The summed E-state index contributed by atoms with van der Waals surface area (Å²) in [5.41, 5.74) is 5.25. The van der Waals surface area contributed by atoms with Gasteiger partial charge in [-0.05, 0) is 12.8 Å². The number of alkyl halides is 3. The third-order valence-electron chi connectivity index (χ3n) is 2.75. The molecule has 2 rings (SSSR count). The van der Waals surface area contributed by atoms with Gasteiger partial charge in [0.1, 0.15) is 6.42 Å². The lowest BCUT2D eigenvalue weighted by molar-refractivity contribution is -0.128. The van der Waals surface area contributed by atoms with Crippen LogP contribution in [0.5, 0.6) is 0 Å². The number of nitrogens with two attached hydrogens (primary N) is 1. The Balaban J connectivity index is 2.13. The molecule has 0 aromatic carbocycles. The predicted octanol–water partition coefficient (Wildman–Crippen LogP) is 1.90. The van der Waals surface area contributed by atoms with Gasteiger partial charge in [0.25, 0.3) is 0 Å². The predicted molar refractivity (Wildman–Crippen MR) is 48.4 cm³/mol. The molecule has 4 nitrogen and oxygen atoms in total. The van der Waals surface area contributed by atoms with Crippen LogP contribution in [-0.4, -0.2) is 16.3 Å². The lowest BCUT2D eigenvalue weighted by atomic mass is 9.99. The molecule has 2 N–H and O–H groups in total. The fraction of sp³-hybridized carbons (Fsp3) is 0.778. The molecule has 0 aliphatic heterocycles. The Hall–Kier alpha value is -1.11. The zero-order valence-corrected chi connectivity index (χ0v) is 8.55. The van der Waals surface area contributed by atoms with Crippen LogP contribution in [0.15, 0.2) is 4.52 Å². The van der Waals surface area contributed by atoms with Gasteiger partial charge in [0.15, 0.2) is 5.82 Å². The van der Waals surface area contributed by atoms with Crippen LogP contribution in [0.25, 0.3) is 0 Å². The third kappa shape index (κ3) is 2.34. The zero-order chi connectivity index (χ0) is 11.8. The van der Waals surface area contributed by atoms with Crippen LogP contribution >= 0.6 is 0 Å². The lowest BCUT2D eigenvalue weighted by Crippen LogP contribution is -2.33. The van der Waals surface area contributed by atoms with Gasteiger partial charge in [0, 0.05) is 0 Å². The summed E-state index contributed by atoms with van der Waals surface area (Å²) in [6.45, 7) is 0. The van der Waals surface area contributed by atoms with Crippen LogP contribution in [0, 0.1) is 0 Å². The average molecular weight is 235 g/mol. The van der Waals surface area contributed by atoms with Crippen LogP contribution in [0.1, 0.15) is 37.4 Å². The zero-order valence-electron chi connectivity index (χ0n) is 8.55. The van der Waals surface area contributed by atoms with E-state index in [1.54, 1.807) is 0 Å². The SMILES string of the molecule is NC1(c2nc(CC(F)(F)F)no2)CCCC1. The number of aromatic nitrogens is 2. The highest BCUT2D eigenvalue weighted by Crippen LogP contribution is 2.35. The second-order valence-corrected chi connectivity index (χ2v) is 4.17. The Kier molecular flexibility index (Phi) is 2.65. The summed E-state index contributed by atoms with van der Waals surface area (Å²) in [6.07, 6.45) is -2.26. The van der Waals surface area contributed by atoms with E-state index >= 15 is 0 Å². The maximum absolute atomic E-state index is 12.1. The molecule has 1 aliphatic rings. The molecule has 7 heteroatoms. The van der Waals surface area contributed by atoms with Gasteiger partial charge in [-0.3, -0.25) is 0 Å². The second-order valence-electron chi connectivity index (χ2n) is 4.17. The monoisotopic (exact) mass is 235 g/mol. The van der Waals surface area contributed by atoms with Gasteiger partial charge < -0.3 is 10.3 Å². The fourth-order valence-electron chi connectivity index (χ4n) is 1.93. The summed E-state index contributed by atoms with van der Waals surface area (Å²) in [4.78, 5) is 3.73. The summed E-state index contributed by atoms with van der Waals surface area (Å²) in [7, 11) is 0. The highest BCUT2D eigenvalue weighted by Gasteiger charge is 2.38. The first-order chi connectivity index (χ1) is 7.39. The van der Waals surface area contributed by atoms with Crippen molar-refractivity contribution in [1.29, 1.82) is 0 Å². The van der Waals surface area contributed by atoms with Crippen LogP contribution in [0.3, 0.4) is 0 Å². The first kappa shape index (κ1) is 11.4. The van der Waals surface area contributed by atoms with Crippen LogP contribution in [-0.2, 0) is 12.0 Å². The molecule has 90 valence electrons. The van der Waals surface area contributed by atoms with Crippen molar-refractivity contribution in [2.45, 2.75) is 43.8 Å². The molecule has 0 saturated heterocycles. The summed E-state index contributed by atoms with van der Waals surface area (Å²) in [6, 6.07) is 0. The van der Waals surface area contributed by atoms with Gasteiger partial charge in [-0.25, -0.2) is 0 Å². The minimum Gasteiger partial charge on any atom is -0.337 e. The van der Waals surface area contributed by atoms with Crippen molar-refractivity contribution >= 4 is 0 Å². The highest BCUT2D eigenvalue weighted by atomic mass is 19.4. The lowest BCUT2D eigenvalue weighted by Gasteiger charge is -2.17. The summed E-state index contributed by atoms with van der Waals surface area (Å²) >= 11 is 0. The van der Waals surface area contributed by atoms with Crippen molar-refractivity contribution in [1.82, 2.24) is 10.1 Å². The minimum absolute atomic E-state index is 0.129. The largest absolute Gasteiger partial charge is 0.396 e. The molecular weight excluding hydrogens is 223 g/mol. The van der Waals surface area contributed by atoms with Gasteiger partial charge in [0.05, 0.1) is 5.54 Å². The molecule has 1 aromatic heterocycles. The van der Waals surface area contributed by atoms with E-state index in [9.17, 15) is 13.2 Å². The Morgan fingerprint density at radius 2 is 1.94 bits per heavy atom. The van der Waals surface area contributed by atoms with E-state index in [0.29, 0.717) is 12.8 Å². The highest BCUT2D eigenvalue weighted by molar-refractivity contribution is 5.05. The van der Waals surface area contributed by atoms with E-state index in [4.69, 9.17) is 10.3 Å². The molecule has 1 aromatic rings. The molecule has 1 heterocycles. The maximum Gasteiger partial charge on any atom is 0.396 e. The first-order valence-electron chi connectivity index (χ1n) is 5.08. The van der Waals surface area contributed by atoms with Crippen LogP contribution < -0.4 is 5.73 Å². The standard InChI is InChI=1S/C9H12F3N3O/c10-9(11,12)5-6-14-7(16-15-6)8(13)3-1-2-4-8/h1-5,13H2. The first-order valence-corrected chi connectivity index (χ1v) is 5.08. The van der Waals surface area contributed by atoms with Gasteiger partial charge in [-0.15, -0.1) is 0 Å². The van der Waals surface area contributed by atoms with E-state index in [1.165, 1.54) is 0 Å². The van der Waals surface area contributed by atoms with Crippen LogP contribution in [0.2, 0.25) is 0 Å². The van der Waals surface area contributed by atoms with E-state index in [-0.39, 0.29) is 11.7 Å². The molecule has 0 amide bonds. The van der Waals surface area contributed by atoms with E-state index in [1.807, 2.05) is 0 Å². The Labute approximate surface area is 90.0 Å². The minimum atomic E-state index is -4.32. The number of nitrogens with zero attached hydrogens (tertiary/aromatic N) is 2. The maximum atomic E-state index is 12.1. The summed E-state index contributed by atoms with van der Waals surface area (Å²) in [5, 5.41) is 3.31. The Morgan fingerprint density at radius 1 is 1.31 bits per heavy atom. The normalized spacial score (nSPS) is 20.2. The molecule has 1 aliphatic carbocycles. The average Bonchev–Trinajstić information content (AvgIpc) is 2.72. The quantitative estimate of drug-likeness (QED) is 0.850. The van der Waals surface area contributed by atoms with E-state index in [0.717, 1.165) is 12.8 Å². The van der Waals surface area contributed by atoms with Crippen molar-refractivity contribution < 1.29 is 17.7 Å². The second kappa shape index (κ2) is 3.73. The molecule has 0 bridgehead atoms. The Bertz CT molecular complexity index is 368. The summed E-state index contributed by atoms with van der Waals surface area (Å²) in [5.74, 6) is -0.219. The number of rotatable bonds is 2. The van der Waals surface area contributed by atoms with Gasteiger partial charge in [-0.2, -0.15) is 18.2 Å². The molecule has 0 unspecified atom stereocenters. The molecule has 1 saturated carbocycles. The molecule has 0 atom stereocenters. The molecule has 1 fully saturated rings. The molecule has 0 spiro atoms. The van der Waals surface area contributed by atoms with E-state index < -0.39 is 18.1 Å². The molecular formula is C9H12F3N3O. The molecule has 16 heavy (non-hydrogen) atoms. The Morgan fingerprint density at radius 3 is 2.50 bits per heavy atom. The smallest absolute Gasteiger partial charge is 0.337 e. The fourth-order valence-corrected chi connectivity index (χ4v) is 1.93. The van der Waals surface area contributed by atoms with Crippen LogP contribution in [0.4, 0.5) is 13.2 Å². The number of halogens is 3. The number of hydrogen-bond acceptors (Lipinski definition) is 4. The topological polar surface area (TPSA) is 64.9 Å². The van der Waals surface area contributed by atoms with Gasteiger partial charge in [0.2, 0.25) is 5.89 Å². The third-order valence-corrected chi connectivity index (χ3v) is 2.75. The van der Waals surface area contributed by atoms with Crippen molar-refractivity contribution in [3.8, 4) is 0 Å². The van der Waals surface area contributed by atoms with Crippen molar-refractivity contribution in [2.24, 2.45) is 5.73 Å². The molecule has 0 radical (unpaired) electrons. The van der Waals surface area contributed by atoms with Crippen molar-refractivity contribution in [3.63, 3.8) is 0 Å². The van der Waals surface area contributed by atoms with Crippen molar-refractivity contribution in [3.05, 3.63) is 11.7 Å².